The second-order valence-corrected chi connectivity index (χ2v) is 3.21. The molecular weight excluding hydrogens is 228 g/mol. The fraction of sp³-hybridized carbons (Fsp3) is 0.556. The highest BCUT2D eigenvalue weighted by Crippen LogP contribution is 1.95. The molecule has 0 saturated heterocycles. The van der Waals surface area contributed by atoms with E-state index in [0.717, 1.165) is 6.42 Å². The van der Waals surface area contributed by atoms with Gasteiger partial charge in [0.25, 0.3) is 0 Å². The molecule has 0 aliphatic carbocycles. The van der Waals surface area contributed by atoms with Gasteiger partial charge in [-0.2, -0.15) is 4.98 Å². The average Bonchev–Trinajstić information content (AvgIpc) is 2.75. The van der Waals surface area contributed by atoms with Gasteiger partial charge < -0.3 is 20.3 Å². The van der Waals surface area contributed by atoms with Crippen molar-refractivity contribution in [3.8, 4) is 0 Å². The van der Waals surface area contributed by atoms with Crippen molar-refractivity contribution < 1.29 is 18.8 Å². The molecule has 1 aromatic rings. The summed E-state index contributed by atoms with van der Waals surface area (Å²) in [6.45, 7) is 2.52. The standard InChI is InChI=1S/C9H14N4O4/c1-2-3-16-5-7(14)11-4-6-12-9(8(10)15)17-13-6/h2-5H2,1H3,(H2,10,15)(H,11,14). The number of hydrogen-bond acceptors (Lipinski definition) is 6. The topological polar surface area (TPSA) is 120 Å². The zero-order valence-electron chi connectivity index (χ0n) is 9.43. The van der Waals surface area contributed by atoms with Crippen LogP contribution in [0.5, 0.6) is 0 Å². The molecule has 0 aromatic carbocycles. The lowest BCUT2D eigenvalue weighted by molar-refractivity contribution is -0.125. The molecule has 1 aromatic heterocycles. The van der Waals surface area contributed by atoms with E-state index in [4.69, 9.17) is 10.5 Å². The lowest BCUT2D eigenvalue weighted by Crippen LogP contribution is -2.27. The molecule has 8 heteroatoms. The van der Waals surface area contributed by atoms with Gasteiger partial charge in [-0.05, 0) is 6.42 Å². The van der Waals surface area contributed by atoms with Crippen LogP contribution in [0.1, 0.15) is 29.9 Å². The predicted molar refractivity (Wildman–Crippen MR) is 55.8 cm³/mol. The van der Waals surface area contributed by atoms with Gasteiger partial charge in [-0.25, -0.2) is 0 Å². The van der Waals surface area contributed by atoms with Crippen LogP contribution < -0.4 is 11.1 Å². The Labute approximate surface area is 97.5 Å². The van der Waals surface area contributed by atoms with E-state index in [-0.39, 0.29) is 30.8 Å². The highest BCUT2D eigenvalue weighted by molar-refractivity contribution is 5.87. The SMILES string of the molecule is CCCOCC(=O)NCc1noc(C(N)=O)n1. The van der Waals surface area contributed by atoms with E-state index in [2.05, 4.69) is 20.0 Å². The summed E-state index contributed by atoms with van der Waals surface area (Å²) in [5.74, 6) is -1.19. The van der Waals surface area contributed by atoms with Crippen molar-refractivity contribution in [2.24, 2.45) is 5.73 Å². The number of ether oxygens (including phenoxy) is 1. The van der Waals surface area contributed by atoms with E-state index in [9.17, 15) is 9.59 Å². The van der Waals surface area contributed by atoms with Gasteiger partial charge in [-0.15, -0.1) is 0 Å². The maximum absolute atomic E-state index is 11.2. The summed E-state index contributed by atoms with van der Waals surface area (Å²) in [5, 5.41) is 5.97. The Morgan fingerprint density at radius 1 is 1.53 bits per heavy atom. The monoisotopic (exact) mass is 242 g/mol. The third kappa shape index (κ3) is 4.60. The third-order valence-electron chi connectivity index (χ3n) is 1.70. The normalized spacial score (nSPS) is 10.2. The van der Waals surface area contributed by atoms with E-state index < -0.39 is 5.91 Å². The summed E-state index contributed by atoms with van der Waals surface area (Å²) >= 11 is 0. The minimum Gasteiger partial charge on any atom is -0.372 e. The molecule has 17 heavy (non-hydrogen) atoms. The van der Waals surface area contributed by atoms with Gasteiger partial charge in [0.05, 0.1) is 6.54 Å². The summed E-state index contributed by atoms with van der Waals surface area (Å²) < 4.78 is 9.56. The highest BCUT2D eigenvalue weighted by Gasteiger charge is 2.11. The quantitative estimate of drug-likeness (QED) is 0.604. The number of carbonyl (C=O) groups is 2. The van der Waals surface area contributed by atoms with Crippen molar-refractivity contribution in [3.63, 3.8) is 0 Å². The van der Waals surface area contributed by atoms with Crippen molar-refractivity contribution in [3.05, 3.63) is 11.7 Å². The van der Waals surface area contributed by atoms with Crippen LogP contribution in [0.4, 0.5) is 0 Å². The molecule has 0 saturated carbocycles. The van der Waals surface area contributed by atoms with Crippen LogP contribution in [0, 0.1) is 0 Å². The first-order valence-electron chi connectivity index (χ1n) is 5.10. The highest BCUT2D eigenvalue weighted by atomic mass is 16.5. The molecule has 0 fully saturated rings. The molecule has 1 rings (SSSR count). The number of nitrogens with two attached hydrogens (primary N) is 1. The van der Waals surface area contributed by atoms with Gasteiger partial charge in [0, 0.05) is 6.61 Å². The van der Waals surface area contributed by atoms with Gasteiger partial charge >= 0.3 is 11.8 Å². The van der Waals surface area contributed by atoms with Crippen molar-refractivity contribution >= 4 is 11.8 Å². The second-order valence-electron chi connectivity index (χ2n) is 3.21. The Bertz CT molecular complexity index is 390. The summed E-state index contributed by atoms with van der Waals surface area (Å²) in [5.41, 5.74) is 4.92. The molecular formula is C9H14N4O4. The maximum Gasteiger partial charge on any atom is 0.315 e. The zero-order chi connectivity index (χ0) is 12.7. The first kappa shape index (κ1) is 13.1. The molecule has 0 bridgehead atoms. The average molecular weight is 242 g/mol. The van der Waals surface area contributed by atoms with E-state index in [1.54, 1.807) is 0 Å². The number of nitrogens with one attached hydrogen (secondary N) is 1. The van der Waals surface area contributed by atoms with Crippen LogP contribution in [0.25, 0.3) is 0 Å². The van der Waals surface area contributed by atoms with Gasteiger partial charge in [-0.3, -0.25) is 9.59 Å². The molecule has 0 unspecified atom stereocenters. The maximum atomic E-state index is 11.2. The van der Waals surface area contributed by atoms with Crippen LogP contribution in [-0.4, -0.2) is 35.2 Å². The molecule has 0 spiro atoms. The zero-order valence-corrected chi connectivity index (χ0v) is 9.43. The first-order valence-corrected chi connectivity index (χ1v) is 5.10. The lowest BCUT2D eigenvalue weighted by Gasteiger charge is -2.02. The van der Waals surface area contributed by atoms with E-state index in [0.29, 0.717) is 6.61 Å². The van der Waals surface area contributed by atoms with Crippen molar-refractivity contribution in [2.75, 3.05) is 13.2 Å². The molecule has 8 nitrogen and oxygen atoms in total. The third-order valence-corrected chi connectivity index (χ3v) is 1.70. The summed E-state index contributed by atoms with van der Waals surface area (Å²) in [6.07, 6.45) is 0.847. The smallest absolute Gasteiger partial charge is 0.315 e. The van der Waals surface area contributed by atoms with Gasteiger partial charge in [-0.1, -0.05) is 12.1 Å². The number of carbonyl (C=O) groups excluding carboxylic acids is 2. The Morgan fingerprint density at radius 2 is 2.29 bits per heavy atom. The number of rotatable bonds is 7. The molecule has 0 atom stereocenters. The number of hydrogen-bond donors (Lipinski definition) is 2. The lowest BCUT2D eigenvalue weighted by atomic mass is 10.5. The van der Waals surface area contributed by atoms with Crippen LogP contribution >= 0.6 is 0 Å². The number of amides is 2. The Kier molecular flexibility index (Phi) is 5.08. The Morgan fingerprint density at radius 3 is 2.88 bits per heavy atom. The van der Waals surface area contributed by atoms with Gasteiger partial charge in [0.15, 0.2) is 5.82 Å². The Balaban J connectivity index is 2.29. The summed E-state index contributed by atoms with van der Waals surface area (Å²) in [6, 6.07) is 0. The molecule has 0 aliphatic heterocycles. The van der Waals surface area contributed by atoms with E-state index >= 15 is 0 Å². The van der Waals surface area contributed by atoms with Crippen molar-refractivity contribution in [2.45, 2.75) is 19.9 Å². The van der Waals surface area contributed by atoms with Crippen LogP contribution in [0.2, 0.25) is 0 Å². The molecule has 0 aliphatic rings. The summed E-state index contributed by atoms with van der Waals surface area (Å²) in [7, 11) is 0. The van der Waals surface area contributed by atoms with Crippen LogP contribution in [0.3, 0.4) is 0 Å². The second kappa shape index (κ2) is 6.59. The minimum atomic E-state index is -0.804. The van der Waals surface area contributed by atoms with Gasteiger partial charge in [0.2, 0.25) is 5.91 Å². The first-order chi connectivity index (χ1) is 8.13. The van der Waals surface area contributed by atoms with Crippen molar-refractivity contribution in [1.82, 2.24) is 15.5 Å². The van der Waals surface area contributed by atoms with Crippen LogP contribution in [0.15, 0.2) is 4.52 Å². The van der Waals surface area contributed by atoms with E-state index in [1.807, 2.05) is 6.92 Å². The van der Waals surface area contributed by atoms with Gasteiger partial charge in [0.1, 0.15) is 6.61 Å². The predicted octanol–water partition coefficient (Wildman–Crippen LogP) is -0.789. The Hall–Kier alpha value is -1.96. The van der Waals surface area contributed by atoms with E-state index in [1.165, 1.54) is 0 Å². The molecule has 2 amide bonds. The molecule has 3 N–H and O–H groups in total. The fourth-order valence-corrected chi connectivity index (χ4v) is 0.964. The fourth-order valence-electron chi connectivity index (χ4n) is 0.964. The molecule has 0 radical (unpaired) electrons. The largest absolute Gasteiger partial charge is 0.372 e. The number of nitrogens with zero attached hydrogens (tertiary/aromatic N) is 2. The number of aromatic nitrogens is 2. The van der Waals surface area contributed by atoms with Crippen LogP contribution in [-0.2, 0) is 16.1 Å². The van der Waals surface area contributed by atoms with Crippen molar-refractivity contribution in [1.29, 1.82) is 0 Å². The number of primary amides is 1. The minimum absolute atomic E-state index is 0.0195. The molecule has 94 valence electrons. The molecule has 1 heterocycles. The summed E-state index contributed by atoms with van der Waals surface area (Å²) in [4.78, 5) is 25.5.